The largest absolute Gasteiger partial charge is 0.385 e. The van der Waals surface area contributed by atoms with E-state index >= 15 is 0 Å². The van der Waals surface area contributed by atoms with Crippen molar-refractivity contribution in [2.45, 2.75) is 11.3 Å². The van der Waals surface area contributed by atoms with Crippen LogP contribution in [-0.4, -0.2) is 101 Å². The Morgan fingerprint density at radius 1 is 1.20 bits per heavy atom. The van der Waals surface area contributed by atoms with Crippen molar-refractivity contribution >= 4 is 33.4 Å². The molecule has 1 aliphatic rings. The predicted octanol–water partition coefficient (Wildman–Crippen LogP) is 0.501. The summed E-state index contributed by atoms with van der Waals surface area (Å²) in [4.78, 5) is 28.4. The van der Waals surface area contributed by atoms with Crippen molar-refractivity contribution in [3.63, 3.8) is 0 Å². The number of piperazine rings is 1. The van der Waals surface area contributed by atoms with E-state index in [2.05, 4.69) is 5.32 Å². The smallest absolute Gasteiger partial charge is 0.253 e. The van der Waals surface area contributed by atoms with Crippen LogP contribution in [0.1, 0.15) is 16.8 Å². The lowest BCUT2D eigenvalue weighted by Crippen LogP contribution is -2.51. The summed E-state index contributed by atoms with van der Waals surface area (Å²) in [6.45, 7) is 3.48. The van der Waals surface area contributed by atoms with Crippen LogP contribution < -0.4 is 5.32 Å². The summed E-state index contributed by atoms with van der Waals surface area (Å²) in [5.41, 5.74) is 0.268. The fourth-order valence-corrected chi connectivity index (χ4v) is 4.42. The summed E-state index contributed by atoms with van der Waals surface area (Å²) in [7, 11) is 0.681. The lowest BCUT2D eigenvalue weighted by atomic mass is 10.2. The Hall–Kier alpha value is -1.72. The van der Waals surface area contributed by atoms with E-state index in [1.54, 1.807) is 12.0 Å². The van der Waals surface area contributed by atoms with Crippen LogP contribution in [0.4, 0.5) is 0 Å². The zero-order valence-electron chi connectivity index (χ0n) is 17.6. The first-order valence-corrected chi connectivity index (χ1v) is 11.5. The van der Waals surface area contributed by atoms with Gasteiger partial charge in [-0.2, -0.15) is 0 Å². The molecule has 1 N–H and O–H groups in total. The molecule has 1 heterocycles. The van der Waals surface area contributed by atoms with Crippen molar-refractivity contribution < 1.29 is 22.7 Å². The molecule has 1 aromatic carbocycles. The topological polar surface area (TPSA) is 99.3 Å². The fraction of sp³-hybridized carbons (Fsp3) is 0.579. The van der Waals surface area contributed by atoms with Crippen molar-refractivity contribution in [3.05, 3.63) is 28.8 Å². The fourth-order valence-electron chi connectivity index (χ4n) is 3.03. The molecule has 0 bridgehead atoms. The van der Waals surface area contributed by atoms with Crippen LogP contribution in [0.3, 0.4) is 0 Å². The number of methoxy groups -OCH3 is 1. The molecule has 1 aliphatic heterocycles. The third-order valence-electron chi connectivity index (χ3n) is 4.81. The molecule has 0 spiro atoms. The quantitative estimate of drug-likeness (QED) is 0.539. The number of carbonyl (C=O) groups is 2. The summed E-state index contributed by atoms with van der Waals surface area (Å²) in [6, 6.07) is 4.27. The van der Waals surface area contributed by atoms with Gasteiger partial charge in [-0.15, -0.1) is 0 Å². The van der Waals surface area contributed by atoms with Gasteiger partial charge in [0.25, 0.3) is 5.91 Å². The first-order valence-electron chi connectivity index (χ1n) is 9.66. The SMILES string of the molecule is COCCCNC(=O)CN1CCN(C(=O)c2ccc(Cl)c(S(=O)(=O)N(C)C)c2)CC1. The van der Waals surface area contributed by atoms with E-state index in [-0.39, 0.29) is 33.8 Å². The number of nitrogens with zero attached hydrogens (tertiary/aromatic N) is 3. The molecule has 0 aliphatic carbocycles. The summed E-state index contributed by atoms with van der Waals surface area (Å²) in [6.07, 6.45) is 0.761. The second-order valence-corrected chi connectivity index (χ2v) is 9.72. The minimum atomic E-state index is -3.76. The van der Waals surface area contributed by atoms with E-state index in [0.717, 1.165) is 10.7 Å². The Morgan fingerprint density at radius 3 is 2.47 bits per heavy atom. The highest BCUT2D eigenvalue weighted by Crippen LogP contribution is 2.25. The summed E-state index contributed by atoms with van der Waals surface area (Å²) < 4.78 is 30.9. The molecule has 9 nitrogen and oxygen atoms in total. The second-order valence-electron chi connectivity index (χ2n) is 7.20. The Bertz CT molecular complexity index is 854. The number of benzene rings is 1. The standard InChI is InChI=1S/C19H29ClN4O5S/c1-22(2)30(27,28)17-13-15(5-6-16(17)20)19(26)24-10-8-23(9-11-24)14-18(25)21-7-4-12-29-3/h5-6,13H,4,7-12,14H2,1-3H3,(H,21,25). The van der Waals surface area contributed by atoms with Gasteiger partial charge in [0.2, 0.25) is 15.9 Å². The first-order chi connectivity index (χ1) is 14.2. The van der Waals surface area contributed by atoms with E-state index in [1.807, 2.05) is 4.90 Å². The van der Waals surface area contributed by atoms with Gasteiger partial charge in [0, 0.05) is 66.1 Å². The Kier molecular flexibility index (Phi) is 9.05. The zero-order valence-corrected chi connectivity index (χ0v) is 19.1. The van der Waals surface area contributed by atoms with E-state index in [0.29, 0.717) is 39.3 Å². The normalized spacial score (nSPS) is 15.4. The number of nitrogens with one attached hydrogen (secondary N) is 1. The molecule has 0 saturated carbocycles. The van der Waals surface area contributed by atoms with E-state index in [9.17, 15) is 18.0 Å². The average molecular weight is 461 g/mol. The summed E-state index contributed by atoms with van der Waals surface area (Å²) in [5.74, 6) is -0.312. The third-order valence-corrected chi connectivity index (χ3v) is 7.11. The van der Waals surface area contributed by atoms with Crippen LogP contribution in [0.15, 0.2) is 23.1 Å². The van der Waals surface area contributed by atoms with Gasteiger partial charge in [0.15, 0.2) is 0 Å². The number of sulfonamides is 1. The predicted molar refractivity (Wildman–Crippen MR) is 114 cm³/mol. The molecule has 0 atom stereocenters. The summed E-state index contributed by atoms with van der Waals surface area (Å²) >= 11 is 6.05. The molecule has 1 fully saturated rings. The van der Waals surface area contributed by atoms with Gasteiger partial charge >= 0.3 is 0 Å². The van der Waals surface area contributed by atoms with Crippen LogP contribution in [0.25, 0.3) is 0 Å². The number of carbonyl (C=O) groups excluding carboxylic acids is 2. The number of halogens is 1. The number of hydrogen-bond acceptors (Lipinski definition) is 6. The van der Waals surface area contributed by atoms with Gasteiger partial charge in [-0.3, -0.25) is 14.5 Å². The Morgan fingerprint density at radius 2 is 1.87 bits per heavy atom. The molecule has 30 heavy (non-hydrogen) atoms. The average Bonchev–Trinajstić information content (AvgIpc) is 2.71. The van der Waals surface area contributed by atoms with Gasteiger partial charge in [-0.25, -0.2) is 12.7 Å². The number of rotatable bonds is 9. The van der Waals surface area contributed by atoms with Gasteiger partial charge in [-0.05, 0) is 24.6 Å². The van der Waals surface area contributed by atoms with Crippen molar-refractivity contribution in [2.24, 2.45) is 0 Å². The highest BCUT2D eigenvalue weighted by molar-refractivity contribution is 7.89. The second kappa shape index (κ2) is 11.1. The van der Waals surface area contributed by atoms with E-state index in [1.165, 1.54) is 32.3 Å². The van der Waals surface area contributed by atoms with Crippen LogP contribution in [0.5, 0.6) is 0 Å². The molecular formula is C19H29ClN4O5S. The minimum absolute atomic E-state index is 0.0536. The number of hydrogen-bond donors (Lipinski definition) is 1. The number of amides is 2. The van der Waals surface area contributed by atoms with E-state index < -0.39 is 10.0 Å². The molecule has 2 amide bonds. The van der Waals surface area contributed by atoms with Crippen molar-refractivity contribution in [1.82, 2.24) is 19.4 Å². The maximum Gasteiger partial charge on any atom is 0.253 e. The van der Waals surface area contributed by atoms with Crippen LogP contribution >= 0.6 is 11.6 Å². The van der Waals surface area contributed by atoms with Crippen LogP contribution in [0.2, 0.25) is 5.02 Å². The lowest BCUT2D eigenvalue weighted by Gasteiger charge is -2.34. The molecule has 0 unspecified atom stereocenters. The first kappa shape index (κ1) is 24.5. The molecule has 0 radical (unpaired) electrons. The number of ether oxygens (including phenoxy) is 1. The zero-order chi connectivity index (χ0) is 22.3. The van der Waals surface area contributed by atoms with Gasteiger partial charge in [0.1, 0.15) is 4.90 Å². The van der Waals surface area contributed by atoms with Gasteiger partial charge in [0.05, 0.1) is 11.6 Å². The maximum atomic E-state index is 12.9. The van der Waals surface area contributed by atoms with Gasteiger partial charge < -0.3 is 15.0 Å². The molecule has 11 heteroatoms. The highest BCUT2D eigenvalue weighted by Gasteiger charge is 2.26. The third kappa shape index (κ3) is 6.39. The summed E-state index contributed by atoms with van der Waals surface area (Å²) in [5, 5.41) is 2.92. The maximum absolute atomic E-state index is 12.9. The molecule has 1 aromatic rings. The van der Waals surface area contributed by atoms with Crippen molar-refractivity contribution in [2.75, 3.05) is 67.1 Å². The lowest BCUT2D eigenvalue weighted by molar-refractivity contribution is -0.122. The molecule has 1 saturated heterocycles. The van der Waals surface area contributed by atoms with Crippen LogP contribution in [-0.2, 0) is 19.6 Å². The Balaban J connectivity index is 1.94. The monoisotopic (exact) mass is 460 g/mol. The Labute approximate surface area is 182 Å². The van der Waals surface area contributed by atoms with Crippen LogP contribution in [0, 0.1) is 0 Å². The molecule has 0 aromatic heterocycles. The van der Waals surface area contributed by atoms with Gasteiger partial charge in [-0.1, -0.05) is 11.6 Å². The highest BCUT2D eigenvalue weighted by atomic mass is 35.5. The minimum Gasteiger partial charge on any atom is -0.385 e. The molecular weight excluding hydrogens is 432 g/mol. The van der Waals surface area contributed by atoms with Crippen molar-refractivity contribution in [3.8, 4) is 0 Å². The molecule has 168 valence electrons. The van der Waals surface area contributed by atoms with Crippen molar-refractivity contribution in [1.29, 1.82) is 0 Å². The molecule has 2 rings (SSSR count). The van der Waals surface area contributed by atoms with E-state index in [4.69, 9.17) is 16.3 Å².